The van der Waals surface area contributed by atoms with Crippen LogP contribution in [0, 0.1) is 12.7 Å². The topological polar surface area (TPSA) is 80.2 Å². The number of nitrogens with one attached hydrogen (secondary N) is 1. The molecule has 14 heteroatoms. The second-order valence-corrected chi connectivity index (χ2v) is 10.5. The first-order chi connectivity index (χ1) is 19.5. The molecule has 3 aliphatic rings. The third-order valence-electron chi connectivity index (χ3n) is 7.32. The predicted molar refractivity (Wildman–Crippen MR) is 149 cm³/mol. The SMILES string of the molecule is Cc1cc(Nc2ncc3c(n2)N2CCN=C2N(c2c(F)cccc2Cl)C3=O)cc(C(F)(F)F)c1N1CCN(C)CC1. The van der Waals surface area contributed by atoms with Crippen LogP contribution in [-0.2, 0) is 6.18 Å². The zero-order valence-electron chi connectivity index (χ0n) is 22.1. The minimum Gasteiger partial charge on any atom is -0.368 e. The van der Waals surface area contributed by atoms with Gasteiger partial charge in [-0.1, -0.05) is 17.7 Å². The molecule has 6 rings (SSSR count). The van der Waals surface area contributed by atoms with Crippen molar-refractivity contribution in [3.05, 3.63) is 64.1 Å². The molecule has 41 heavy (non-hydrogen) atoms. The number of hydrogen-bond donors (Lipinski definition) is 1. The summed E-state index contributed by atoms with van der Waals surface area (Å²) >= 11 is 6.25. The Morgan fingerprint density at radius 1 is 1.05 bits per heavy atom. The lowest BCUT2D eigenvalue weighted by molar-refractivity contribution is -0.137. The molecule has 0 aliphatic carbocycles. The minimum atomic E-state index is -4.58. The Morgan fingerprint density at radius 2 is 1.80 bits per heavy atom. The lowest BCUT2D eigenvalue weighted by atomic mass is 10.0. The maximum absolute atomic E-state index is 14.8. The molecule has 1 N–H and O–H groups in total. The van der Waals surface area contributed by atoms with Crippen molar-refractivity contribution in [2.75, 3.05) is 66.3 Å². The Morgan fingerprint density at radius 3 is 2.51 bits per heavy atom. The summed E-state index contributed by atoms with van der Waals surface area (Å²) in [5.41, 5.74) is -0.0141. The molecule has 2 aromatic carbocycles. The Hall–Kier alpha value is -3.97. The molecule has 0 radical (unpaired) electrons. The number of guanidine groups is 1. The monoisotopic (exact) mass is 588 g/mol. The van der Waals surface area contributed by atoms with Crippen molar-refractivity contribution < 1.29 is 22.4 Å². The molecule has 0 saturated carbocycles. The average molecular weight is 589 g/mol. The van der Waals surface area contributed by atoms with Gasteiger partial charge in [0.05, 0.1) is 22.8 Å². The first-order valence-corrected chi connectivity index (χ1v) is 13.3. The van der Waals surface area contributed by atoms with Gasteiger partial charge in [-0.25, -0.2) is 14.3 Å². The fraction of sp³-hybridized carbons (Fsp3) is 0.333. The highest BCUT2D eigenvalue weighted by Crippen LogP contribution is 2.42. The molecule has 4 heterocycles. The van der Waals surface area contributed by atoms with E-state index in [4.69, 9.17) is 11.6 Å². The number of alkyl halides is 3. The van der Waals surface area contributed by atoms with Gasteiger partial charge in [-0.2, -0.15) is 18.2 Å². The van der Waals surface area contributed by atoms with Crippen LogP contribution in [0.5, 0.6) is 0 Å². The van der Waals surface area contributed by atoms with Gasteiger partial charge >= 0.3 is 6.18 Å². The third kappa shape index (κ3) is 4.82. The number of fused-ring (bicyclic) bond motifs is 3. The Labute approximate surface area is 238 Å². The van der Waals surface area contributed by atoms with E-state index in [0.717, 1.165) is 11.0 Å². The molecule has 3 aromatic rings. The highest BCUT2D eigenvalue weighted by Gasteiger charge is 2.42. The summed E-state index contributed by atoms with van der Waals surface area (Å²) in [7, 11) is 1.94. The van der Waals surface area contributed by atoms with Gasteiger partial charge in [-0.3, -0.25) is 14.7 Å². The second-order valence-electron chi connectivity index (χ2n) is 10.1. The van der Waals surface area contributed by atoms with E-state index in [1.54, 1.807) is 22.8 Å². The maximum atomic E-state index is 14.8. The number of aliphatic imine (C=N–C) groups is 1. The number of benzene rings is 2. The van der Waals surface area contributed by atoms with Crippen LogP contribution in [0.3, 0.4) is 0 Å². The molecule has 1 amide bonds. The molecule has 0 spiro atoms. The van der Waals surface area contributed by atoms with Gasteiger partial charge in [0.25, 0.3) is 5.91 Å². The zero-order chi connectivity index (χ0) is 29.1. The van der Waals surface area contributed by atoms with Crippen molar-refractivity contribution in [1.29, 1.82) is 0 Å². The van der Waals surface area contributed by atoms with Crippen molar-refractivity contribution in [3.8, 4) is 0 Å². The summed E-state index contributed by atoms with van der Waals surface area (Å²) in [5, 5.41) is 2.91. The fourth-order valence-corrected chi connectivity index (χ4v) is 5.63. The van der Waals surface area contributed by atoms with E-state index >= 15 is 0 Å². The number of amides is 1. The number of anilines is 5. The number of halogens is 5. The summed E-state index contributed by atoms with van der Waals surface area (Å²) in [6, 6.07) is 6.78. The van der Waals surface area contributed by atoms with Crippen molar-refractivity contribution in [1.82, 2.24) is 14.9 Å². The summed E-state index contributed by atoms with van der Waals surface area (Å²) < 4.78 is 57.5. The number of hydrogen-bond acceptors (Lipinski definition) is 8. The molecule has 214 valence electrons. The standard InChI is InChI=1S/C27H25ClF4N8O/c1-15-12-16(13-18(27(30,31)32)21(15)38-10-8-37(2)9-11-38)35-25-34-14-17-23(36-25)39-7-6-33-26(39)40(24(17)41)22-19(28)4-3-5-20(22)29/h3-5,12-14H,6-11H2,1-2H3,(H,34,35,36). The van der Waals surface area contributed by atoms with E-state index in [0.29, 0.717) is 44.8 Å². The van der Waals surface area contributed by atoms with Crippen LogP contribution in [0.1, 0.15) is 21.5 Å². The number of nitrogens with zero attached hydrogens (tertiary/aromatic N) is 7. The van der Waals surface area contributed by atoms with Crippen LogP contribution in [0.4, 0.5) is 46.4 Å². The predicted octanol–water partition coefficient (Wildman–Crippen LogP) is 4.93. The number of likely N-dealkylation sites (N-methyl/N-ethyl adjacent to an activating group) is 1. The number of carbonyl (C=O) groups excluding carboxylic acids is 1. The third-order valence-corrected chi connectivity index (χ3v) is 7.62. The molecule has 1 fully saturated rings. The highest BCUT2D eigenvalue weighted by molar-refractivity contribution is 6.38. The fourth-order valence-electron chi connectivity index (χ4n) is 5.38. The molecular weight excluding hydrogens is 564 g/mol. The van der Waals surface area contributed by atoms with Crippen molar-refractivity contribution in [3.63, 3.8) is 0 Å². The van der Waals surface area contributed by atoms with E-state index in [9.17, 15) is 22.4 Å². The van der Waals surface area contributed by atoms with Gasteiger partial charge in [-0.05, 0) is 43.8 Å². The lowest BCUT2D eigenvalue weighted by Gasteiger charge is -2.36. The molecule has 9 nitrogen and oxygen atoms in total. The number of aromatic nitrogens is 2. The molecule has 1 aromatic heterocycles. The van der Waals surface area contributed by atoms with Crippen LogP contribution < -0.4 is 20.0 Å². The lowest BCUT2D eigenvalue weighted by Crippen LogP contribution is -2.51. The summed E-state index contributed by atoms with van der Waals surface area (Å²) in [6.45, 7) is 4.64. The summed E-state index contributed by atoms with van der Waals surface area (Å²) in [5.74, 6) is -0.943. The van der Waals surface area contributed by atoms with E-state index in [-0.39, 0.29) is 45.4 Å². The van der Waals surface area contributed by atoms with E-state index < -0.39 is 23.5 Å². The van der Waals surface area contributed by atoms with Crippen molar-refractivity contribution in [2.24, 2.45) is 4.99 Å². The molecule has 3 aliphatic heterocycles. The van der Waals surface area contributed by atoms with Gasteiger partial charge in [0.2, 0.25) is 11.9 Å². The quantitative estimate of drug-likeness (QED) is 0.433. The van der Waals surface area contributed by atoms with Crippen LogP contribution in [-0.4, -0.2) is 73.1 Å². The zero-order valence-corrected chi connectivity index (χ0v) is 22.9. The molecule has 0 bridgehead atoms. The van der Waals surface area contributed by atoms with E-state index in [1.165, 1.54) is 24.4 Å². The van der Waals surface area contributed by atoms with Crippen molar-refractivity contribution in [2.45, 2.75) is 13.1 Å². The van der Waals surface area contributed by atoms with Crippen LogP contribution >= 0.6 is 11.6 Å². The van der Waals surface area contributed by atoms with Crippen LogP contribution in [0.2, 0.25) is 5.02 Å². The highest BCUT2D eigenvalue weighted by atomic mass is 35.5. The van der Waals surface area contributed by atoms with Crippen molar-refractivity contribution >= 4 is 52.3 Å². The summed E-state index contributed by atoms with van der Waals surface area (Å²) in [6.07, 6.45) is -3.32. The Bertz CT molecular complexity index is 1550. The van der Waals surface area contributed by atoms with E-state index in [1.807, 2.05) is 7.05 Å². The number of aryl methyl sites for hydroxylation is 1. The largest absolute Gasteiger partial charge is 0.418 e. The first kappa shape index (κ1) is 27.2. The average Bonchev–Trinajstić information content (AvgIpc) is 3.40. The maximum Gasteiger partial charge on any atom is 0.418 e. The molecule has 0 atom stereocenters. The Kier molecular flexibility index (Phi) is 6.73. The summed E-state index contributed by atoms with van der Waals surface area (Å²) in [4.78, 5) is 33.1. The van der Waals surface area contributed by atoms with Gasteiger partial charge in [0.1, 0.15) is 17.1 Å². The normalized spacial score (nSPS) is 17.5. The molecule has 1 saturated heterocycles. The number of para-hydroxylation sites is 1. The smallest absolute Gasteiger partial charge is 0.368 e. The number of carbonyl (C=O) groups is 1. The van der Waals surface area contributed by atoms with Gasteiger partial charge in [0.15, 0.2) is 5.82 Å². The number of rotatable bonds is 4. The molecule has 0 unspecified atom stereocenters. The van der Waals surface area contributed by atoms with Gasteiger partial charge < -0.3 is 15.1 Å². The van der Waals surface area contributed by atoms with Gasteiger partial charge in [0, 0.05) is 44.6 Å². The Balaban J connectivity index is 1.35. The van der Waals surface area contributed by atoms with Crippen LogP contribution in [0.25, 0.3) is 0 Å². The molecular formula is C27H25ClF4N8O. The first-order valence-electron chi connectivity index (χ1n) is 12.9. The number of piperazine rings is 1. The minimum absolute atomic E-state index is 0.0000425. The van der Waals surface area contributed by atoms with Gasteiger partial charge in [-0.15, -0.1) is 0 Å². The van der Waals surface area contributed by atoms with Crippen LogP contribution in [0.15, 0.2) is 41.5 Å². The second kappa shape index (κ2) is 10.1. The van der Waals surface area contributed by atoms with E-state index in [2.05, 4.69) is 25.2 Å².